The van der Waals surface area contributed by atoms with Crippen molar-refractivity contribution in [2.24, 2.45) is 0 Å². The van der Waals surface area contributed by atoms with Gasteiger partial charge < -0.3 is 5.32 Å². The van der Waals surface area contributed by atoms with E-state index in [1.807, 2.05) is 6.07 Å². The topological polar surface area (TPSA) is 37.8 Å². The number of aromatic nitrogens is 2. The first kappa shape index (κ1) is 9.42. The van der Waals surface area contributed by atoms with Gasteiger partial charge in [-0.25, -0.2) is 9.97 Å². The van der Waals surface area contributed by atoms with Crippen LogP contribution in [0.3, 0.4) is 0 Å². The summed E-state index contributed by atoms with van der Waals surface area (Å²) in [6, 6.07) is 2.31. The van der Waals surface area contributed by atoms with Crippen molar-refractivity contribution in [2.45, 2.75) is 26.4 Å². The van der Waals surface area contributed by atoms with Gasteiger partial charge in [0.2, 0.25) is 5.28 Å². The van der Waals surface area contributed by atoms with Crippen molar-refractivity contribution in [1.29, 1.82) is 0 Å². The fraction of sp³-hybridized carbons (Fsp3) is 0.500. The summed E-state index contributed by atoms with van der Waals surface area (Å²) in [5.41, 5.74) is 0.920. The highest BCUT2D eigenvalue weighted by Gasteiger charge is 1.97. The predicted molar refractivity (Wildman–Crippen MR) is 49.0 cm³/mol. The maximum Gasteiger partial charge on any atom is 0.222 e. The number of nitrogens with zero attached hydrogens (tertiary/aromatic N) is 2. The van der Waals surface area contributed by atoms with Crippen molar-refractivity contribution in [1.82, 2.24) is 15.3 Å². The lowest BCUT2D eigenvalue weighted by Gasteiger charge is -2.06. The van der Waals surface area contributed by atoms with Crippen LogP contribution in [0.25, 0.3) is 0 Å². The monoisotopic (exact) mass is 185 g/mol. The minimum atomic E-state index is 0.304. The lowest BCUT2D eigenvalue weighted by atomic mass is 10.3. The van der Waals surface area contributed by atoms with Gasteiger partial charge in [0, 0.05) is 18.8 Å². The first-order valence-corrected chi connectivity index (χ1v) is 4.27. The van der Waals surface area contributed by atoms with Crippen LogP contribution in [0.1, 0.15) is 19.5 Å². The third kappa shape index (κ3) is 3.15. The second-order valence-electron chi connectivity index (χ2n) is 2.85. The molecule has 0 amide bonds. The molecule has 1 N–H and O–H groups in total. The maximum atomic E-state index is 5.61. The Morgan fingerprint density at radius 2 is 2.33 bits per heavy atom. The first-order valence-electron chi connectivity index (χ1n) is 3.89. The van der Waals surface area contributed by atoms with Crippen LogP contribution in [-0.4, -0.2) is 16.0 Å². The SMILES string of the molecule is CC(C)NCc1ccnc(Cl)n1. The first-order chi connectivity index (χ1) is 5.68. The van der Waals surface area contributed by atoms with Crippen molar-refractivity contribution in [2.75, 3.05) is 0 Å². The maximum absolute atomic E-state index is 5.61. The molecule has 0 aliphatic rings. The average Bonchev–Trinajstić information content (AvgIpc) is 2.01. The van der Waals surface area contributed by atoms with Gasteiger partial charge >= 0.3 is 0 Å². The van der Waals surface area contributed by atoms with Gasteiger partial charge in [0.1, 0.15) is 0 Å². The third-order valence-electron chi connectivity index (χ3n) is 1.38. The van der Waals surface area contributed by atoms with Crippen molar-refractivity contribution in [3.63, 3.8) is 0 Å². The fourth-order valence-corrected chi connectivity index (χ4v) is 0.941. The zero-order chi connectivity index (χ0) is 8.97. The van der Waals surface area contributed by atoms with Crippen molar-refractivity contribution in [3.05, 3.63) is 23.2 Å². The van der Waals surface area contributed by atoms with Crippen LogP contribution >= 0.6 is 11.6 Å². The van der Waals surface area contributed by atoms with E-state index in [0.29, 0.717) is 11.3 Å². The van der Waals surface area contributed by atoms with E-state index in [0.717, 1.165) is 12.2 Å². The van der Waals surface area contributed by atoms with E-state index in [4.69, 9.17) is 11.6 Å². The van der Waals surface area contributed by atoms with E-state index >= 15 is 0 Å². The second-order valence-corrected chi connectivity index (χ2v) is 3.19. The molecule has 0 aliphatic heterocycles. The lowest BCUT2D eigenvalue weighted by Crippen LogP contribution is -2.22. The van der Waals surface area contributed by atoms with Gasteiger partial charge in [-0.05, 0) is 17.7 Å². The molecule has 3 nitrogen and oxygen atoms in total. The molecule has 0 aliphatic carbocycles. The summed E-state index contributed by atoms with van der Waals surface area (Å²) in [7, 11) is 0. The van der Waals surface area contributed by atoms with Crippen LogP contribution in [0.2, 0.25) is 5.28 Å². The van der Waals surface area contributed by atoms with E-state index in [1.54, 1.807) is 6.20 Å². The van der Waals surface area contributed by atoms with Gasteiger partial charge in [0.15, 0.2) is 0 Å². The number of hydrogen-bond donors (Lipinski definition) is 1. The molecule has 0 unspecified atom stereocenters. The molecular weight excluding hydrogens is 174 g/mol. The van der Waals surface area contributed by atoms with Crippen molar-refractivity contribution in [3.8, 4) is 0 Å². The zero-order valence-corrected chi connectivity index (χ0v) is 7.97. The van der Waals surface area contributed by atoms with Crippen molar-refractivity contribution >= 4 is 11.6 Å². The Labute approximate surface area is 77.2 Å². The van der Waals surface area contributed by atoms with Gasteiger partial charge in [-0.1, -0.05) is 13.8 Å². The van der Waals surface area contributed by atoms with E-state index in [-0.39, 0.29) is 0 Å². The molecule has 12 heavy (non-hydrogen) atoms. The minimum Gasteiger partial charge on any atom is -0.309 e. The molecule has 1 rings (SSSR count). The van der Waals surface area contributed by atoms with Gasteiger partial charge in [0.05, 0.1) is 5.69 Å². The van der Waals surface area contributed by atoms with Crippen LogP contribution in [-0.2, 0) is 6.54 Å². The van der Waals surface area contributed by atoms with E-state index < -0.39 is 0 Å². The normalized spacial score (nSPS) is 10.7. The van der Waals surface area contributed by atoms with Crippen LogP contribution in [0.5, 0.6) is 0 Å². The molecule has 66 valence electrons. The molecule has 1 aromatic rings. The summed E-state index contributed by atoms with van der Waals surface area (Å²) >= 11 is 5.61. The van der Waals surface area contributed by atoms with E-state index in [9.17, 15) is 0 Å². The number of hydrogen-bond acceptors (Lipinski definition) is 3. The van der Waals surface area contributed by atoms with Gasteiger partial charge in [-0.3, -0.25) is 0 Å². The molecule has 0 atom stereocenters. The number of halogens is 1. The van der Waals surface area contributed by atoms with E-state index in [2.05, 4.69) is 29.1 Å². The summed E-state index contributed by atoms with van der Waals surface area (Å²) in [5, 5.41) is 3.54. The highest BCUT2D eigenvalue weighted by Crippen LogP contribution is 2.00. The summed E-state index contributed by atoms with van der Waals surface area (Å²) in [4.78, 5) is 7.83. The molecule has 0 saturated heterocycles. The standard InChI is InChI=1S/C8H12ClN3/c1-6(2)11-5-7-3-4-10-8(9)12-7/h3-4,6,11H,5H2,1-2H3. The van der Waals surface area contributed by atoms with E-state index in [1.165, 1.54) is 0 Å². The number of nitrogens with one attached hydrogen (secondary N) is 1. The van der Waals surface area contributed by atoms with Crippen LogP contribution in [0.15, 0.2) is 12.3 Å². The Kier molecular flexibility index (Phi) is 3.44. The Morgan fingerprint density at radius 1 is 1.58 bits per heavy atom. The Balaban J connectivity index is 2.52. The fourth-order valence-electron chi connectivity index (χ4n) is 0.777. The summed E-state index contributed by atoms with van der Waals surface area (Å²) < 4.78 is 0. The van der Waals surface area contributed by atoms with Crippen molar-refractivity contribution < 1.29 is 0 Å². The van der Waals surface area contributed by atoms with Crippen LogP contribution in [0, 0.1) is 0 Å². The molecule has 4 heteroatoms. The summed E-state index contributed by atoms with van der Waals surface area (Å²) in [5.74, 6) is 0. The smallest absolute Gasteiger partial charge is 0.222 e. The molecule has 0 bridgehead atoms. The Hall–Kier alpha value is -0.670. The van der Waals surface area contributed by atoms with Crippen LogP contribution < -0.4 is 5.32 Å². The van der Waals surface area contributed by atoms with Gasteiger partial charge in [-0.15, -0.1) is 0 Å². The minimum absolute atomic E-state index is 0.304. The molecule has 0 spiro atoms. The number of rotatable bonds is 3. The summed E-state index contributed by atoms with van der Waals surface area (Å²) in [6.45, 7) is 4.91. The quantitative estimate of drug-likeness (QED) is 0.728. The Morgan fingerprint density at radius 3 is 2.92 bits per heavy atom. The molecule has 0 radical (unpaired) electrons. The Bertz CT molecular complexity index is 250. The average molecular weight is 186 g/mol. The van der Waals surface area contributed by atoms with Crippen LogP contribution in [0.4, 0.5) is 0 Å². The highest BCUT2D eigenvalue weighted by atomic mass is 35.5. The van der Waals surface area contributed by atoms with Gasteiger partial charge in [0.25, 0.3) is 0 Å². The summed E-state index contributed by atoms with van der Waals surface area (Å²) in [6.07, 6.45) is 1.66. The predicted octanol–water partition coefficient (Wildman–Crippen LogP) is 1.63. The molecule has 0 saturated carbocycles. The zero-order valence-electron chi connectivity index (χ0n) is 7.21. The molecular formula is C8H12ClN3. The van der Waals surface area contributed by atoms with Gasteiger partial charge in [-0.2, -0.15) is 0 Å². The second kappa shape index (κ2) is 4.38. The molecule has 0 aromatic carbocycles. The molecule has 0 fully saturated rings. The third-order valence-corrected chi connectivity index (χ3v) is 1.56. The largest absolute Gasteiger partial charge is 0.309 e. The molecule has 1 aromatic heterocycles. The lowest BCUT2D eigenvalue weighted by molar-refractivity contribution is 0.581. The molecule has 1 heterocycles. The highest BCUT2D eigenvalue weighted by molar-refractivity contribution is 6.28.